The minimum absolute atomic E-state index is 0.645. The molecule has 1 unspecified atom stereocenters. The van der Waals surface area contributed by atoms with E-state index in [2.05, 4.69) is 60.7 Å². The van der Waals surface area contributed by atoms with Gasteiger partial charge in [-0.2, -0.15) is 0 Å². The average Bonchev–Trinajstić information content (AvgIpc) is 3.03. The molecule has 1 atom stereocenters. The van der Waals surface area contributed by atoms with Crippen molar-refractivity contribution in [3.8, 4) is 0 Å². The summed E-state index contributed by atoms with van der Waals surface area (Å²) < 4.78 is 6.19. The molecule has 6 heteroatoms. The van der Waals surface area contributed by atoms with Crippen LogP contribution in [0.5, 0.6) is 0 Å². The lowest BCUT2D eigenvalue weighted by Crippen LogP contribution is -2.40. The quantitative estimate of drug-likeness (QED) is 0.432. The van der Waals surface area contributed by atoms with Crippen LogP contribution >= 0.6 is 15.9 Å². The Bertz CT molecular complexity index is 509. The summed E-state index contributed by atoms with van der Waals surface area (Å²) in [6.07, 6.45) is 2.19. The van der Waals surface area contributed by atoms with Gasteiger partial charge in [0.25, 0.3) is 0 Å². The Morgan fingerprint density at radius 3 is 3.04 bits per heavy atom. The molecule has 1 heterocycles. The van der Waals surface area contributed by atoms with E-state index in [4.69, 9.17) is 4.74 Å². The van der Waals surface area contributed by atoms with Gasteiger partial charge in [-0.25, -0.2) is 0 Å². The van der Waals surface area contributed by atoms with Crippen LogP contribution in [-0.4, -0.2) is 52.9 Å². The molecule has 2 N–H and O–H groups in total. The number of benzene rings is 1. The second-order valence-corrected chi connectivity index (χ2v) is 6.72. The molecule has 1 aliphatic rings. The molecule has 0 radical (unpaired) electrons. The Hall–Kier alpha value is -1.27. The van der Waals surface area contributed by atoms with Gasteiger partial charge in [0.1, 0.15) is 0 Å². The summed E-state index contributed by atoms with van der Waals surface area (Å²) >= 11 is 3.55. The highest BCUT2D eigenvalue weighted by Crippen LogP contribution is 2.25. The summed E-state index contributed by atoms with van der Waals surface area (Å²) in [5, 5.41) is 6.75. The minimum atomic E-state index is 0.645. The first-order chi connectivity index (χ1) is 11.2. The Kier molecular flexibility index (Phi) is 7.68. The maximum Gasteiger partial charge on any atom is 0.190 e. The van der Waals surface area contributed by atoms with Gasteiger partial charge in [0, 0.05) is 57.1 Å². The topological polar surface area (TPSA) is 48.9 Å². The molecule has 23 heavy (non-hydrogen) atoms. The zero-order valence-corrected chi connectivity index (χ0v) is 15.6. The zero-order chi connectivity index (χ0) is 16.5. The van der Waals surface area contributed by atoms with Crippen LogP contribution in [0.3, 0.4) is 0 Å². The third-order valence-corrected chi connectivity index (χ3v) is 4.55. The Balaban J connectivity index is 1.72. The highest BCUT2D eigenvalue weighted by Gasteiger charge is 2.22. The Morgan fingerprint density at radius 2 is 2.30 bits per heavy atom. The van der Waals surface area contributed by atoms with Crippen LogP contribution in [0, 0.1) is 5.92 Å². The van der Waals surface area contributed by atoms with Crippen LogP contribution in [0.4, 0.5) is 5.69 Å². The summed E-state index contributed by atoms with van der Waals surface area (Å²) in [5.74, 6) is 1.52. The van der Waals surface area contributed by atoms with Crippen LogP contribution in [0.25, 0.3) is 0 Å². The second kappa shape index (κ2) is 9.78. The fourth-order valence-corrected chi connectivity index (χ4v) is 3.18. The van der Waals surface area contributed by atoms with E-state index in [0.717, 1.165) is 49.6 Å². The summed E-state index contributed by atoms with van der Waals surface area (Å²) in [6.45, 7) is 4.80. The summed E-state index contributed by atoms with van der Waals surface area (Å²) in [4.78, 5) is 6.72. The molecule has 1 saturated heterocycles. The van der Waals surface area contributed by atoms with Gasteiger partial charge in [0.15, 0.2) is 5.96 Å². The average molecular weight is 383 g/mol. The van der Waals surface area contributed by atoms with Gasteiger partial charge in [0.2, 0.25) is 0 Å². The number of hydrogen-bond donors (Lipinski definition) is 2. The molecule has 2 rings (SSSR count). The molecule has 1 fully saturated rings. The van der Waals surface area contributed by atoms with Crippen LogP contribution in [-0.2, 0) is 4.74 Å². The van der Waals surface area contributed by atoms with Crippen molar-refractivity contribution < 1.29 is 4.74 Å². The van der Waals surface area contributed by atoms with Crippen molar-refractivity contribution in [2.45, 2.75) is 12.8 Å². The number of guanidine groups is 1. The molecule has 0 aliphatic carbocycles. The van der Waals surface area contributed by atoms with Gasteiger partial charge in [-0.3, -0.25) is 4.99 Å². The lowest BCUT2D eigenvalue weighted by atomic mass is 10.1. The predicted octanol–water partition coefficient (Wildman–Crippen LogP) is 2.48. The molecule has 1 aliphatic heterocycles. The van der Waals surface area contributed by atoms with E-state index in [9.17, 15) is 0 Å². The van der Waals surface area contributed by atoms with Crippen molar-refractivity contribution in [3.05, 3.63) is 28.7 Å². The zero-order valence-electron chi connectivity index (χ0n) is 14.0. The highest BCUT2D eigenvalue weighted by molar-refractivity contribution is 9.10. The van der Waals surface area contributed by atoms with Gasteiger partial charge >= 0.3 is 0 Å². The number of rotatable bonds is 7. The molecule has 128 valence electrons. The maximum absolute atomic E-state index is 5.05. The molecular weight excluding hydrogens is 356 g/mol. The van der Waals surface area contributed by atoms with Gasteiger partial charge in [-0.15, -0.1) is 0 Å². The predicted molar refractivity (Wildman–Crippen MR) is 100 cm³/mol. The van der Waals surface area contributed by atoms with E-state index in [0.29, 0.717) is 5.92 Å². The lowest BCUT2D eigenvalue weighted by Gasteiger charge is -2.19. The van der Waals surface area contributed by atoms with Gasteiger partial charge in [-0.05, 0) is 37.0 Å². The molecule has 0 amide bonds. The fourth-order valence-electron chi connectivity index (χ4n) is 2.79. The van der Waals surface area contributed by atoms with E-state index < -0.39 is 0 Å². The lowest BCUT2D eigenvalue weighted by molar-refractivity contribution is 0.195. The summed E-state index contributed by atoms with van der Waals surface area (Å²) in [7, 11) is 3.54. The highest BCUT2D eigenvalue weighted by atomic mass is 79.9. The van der Waals surface area contributed by atoms with E-state index in [1.807, 2.05) is 7.05 Å². The molecule has 5 nitrogen and oxygen atoms in total. The number of anilines is 1. The van der Waals surface area contributed by atoms with Crippen molar-refractivity contribution in [3.63, 3.8) is 0 Å². The van der Waals surface area contributed by atoms with Gasteiger partial charge in [0.05, 0.1) is 0 Å². The van der Waals surface area contributed by atoms with E-state index in [-0.39, 0.29) is 0 Å². The van der Waals surface area contributed by atoms with Crippen LogP contribution < -0.4 is 15.5 Å². The first kappa shape index (κ1) is 18.1. The number of hydrogen-bond acceptors (Lipinski definition) is 3. The molecule has 0 saturated carbocycles. The maximum atomic E-state index is 5.05. The monoisotopic (exact) mass is 382 g/mol. The molecule has 1 aromatic carbocycles. The van der Waals surface area contributed by atoms with Crippen molar-refractivity contribution in [1.29, 1.82) is 0 Å². The third kappa shape index (κ3) is 6.03. The SMILES string of the molecule is CN=C(NCCCOC)NCC1CCN(c2cccc(Br)c2)C1. The number of nitrogens with zero attached hydrogens (tertiary/aromatic N) is 2. The minimum Gasteiger partial charge on any atom is -0.385 e. The van der Waals surface area contributed by atoms with E-state index in [1.165, 1.54) is 12.1 Å². The molecule has 0 spiro atoms. The molecule has 0 bridgehead atoms. The Labute approximate surface area is 147 Å². The smallest absolute Gasteiger partial charge is 0.190 e. The fraction of sp³-hybridized carbons (Fsp3) is 0.588. The van der Waals surface area contributed by atoms with Crippen LogP contribution in [0.15, 0.2) is 33.7 Å². The summed E-state index contributed by atoms with van der Waals surface area (Å²) in [5.41, 5.74) is 1.30. The normalized spacial score (nSPS) is 18.3. The number of aliphatic imine (C=N–C) groups is 1. The Morgan fingerprint density at radius 1 is 1.43 bits per heavy atom. The van der Waals surface area contributed by atoms with Crippen LogP contribution in [0.1, 0.15) is 12.8 Å². The van der Waals surface area contributed by atoms with Crippen molar-refractivity contribution >= 4 is 27.6 Å². The number of methoxy groups -OCH3 is 1. The van der Waals surface area contributed by atoms with Crippen molar-refractivity contribution in [2.75, 3.05) is 51.8 Å². The molecular formula is C17H27BrN4O. The van der Waals surface area contributed by atoms with Crippen molar-refractivity contribution in [1.82, 2.24) is 10.6 Å². The second-order valence-electron chi connectivity index (χ2n) is 5.81. The molecule has 1 aromatic rings. The largest absolute Gasteiger partial charge is 0.385 e. The number of nitrogens with one attached hydrogen (secondary N) is 2. The third-order valence-electron chi connectivity index (χ3n) is 4.06. The first-order valence-corrected chi connectivity index (χ1v) is 8.96. The van der Waals surface area contributed by atoms with Gasteiger partial charge in [-0.1, -0.05) is 22.0 Å². The van der Waals surface area contributed by atoms with Crippen molar-refractivity contribution in [2.24, 2.45) is 10.9 Å². The van der Waals surface area contributed by atoms with E-state index >= 15 is 0 Å². The summed E-state index contributed by atoms with van der Waals surface area (Å²) in [6, 6.07) is 8.53. The van der Waals surface area contributed by atoms with E-state index in [1.54, 1.807) is 7.11 Å². The number of ether oxygens (including phenoxy) is 1. The standard InChI is InChI=1S/C17H27BrN4O/c1-19-17(20-8-4-10-23-2)21-12-14-7-9-22(13-14)16-6-3-5-15(18)11-16/h3,5-6,11,14H,4,7-10,12-13H2,1-2H3,(H2,19,20,21). The number of halogens is 1. The van der Waals surface area contributed by atoms with Crippen LogP contribution in [0.2, 0.25) is 0 Å². The van der Waals surface area contributed by atoms with Gasteiger partial charge < -0.3 is 20.3 Å². The first-order valence-electron chi connectivity index (χ1n) is 8.17. The molecule has 0 aromatic heterocycles.